The van der Waals surface area contributed by atoms with E-state index in [0.717, 1.165) is 16.9 Å². The van der Waals surface area contributed by atoms with Gasteiger partial charge in [-0.3, -0.25) is 0 Å². The fraction of sp³-hybridized carbons (Fsp3) is 0.286. The zero-order chi connectivity index (χ0) is 13.0. The first kappa shape index (κ1) is 13.1. The Balaban J connectivity index is 2.01. The Morgan fingerprint density at radius 2 is 2.00 bits per heavy atom. The van der Waals surface area contributed by atoms with Crippen LogP contribution in [-0.4, -0.2) is 0 Å². The Labute approximate surface area is 110 Å². The van der Waals surface area contributed by atoms with Crippen molar-refractivity contribution < 1.29 is 9.13 Å². The van der Waals surface area contributed by atoms with Crippen molar-refractivity contribution in [2.24, 2.45) is 5.73 Å². The zero-order valence-corrected chi connectivity index (χ0v) is 11.1. The highest BCUT2D eigenvalue weighted by Crippen LogP contribution is 2.22. The average molecular weight is 265 g/mol. The van der Waals surface area contributed by atoms with Crippen molar-refractivity contribution in [3.05, 3.63) is 51.5 Å². The Kier molecular flexibility index (Phi) is 4.33. The number of aryl methyl sites for hydroxylation is 1. The summed E-state index contributed by atoms with van der Waals surface area (Å²) in [6.07, 6.45) is 1.02. The van der Waals surface area contributed by atoms with Gasteiger partial charge in [0.25, 0.3) is 0 Å². The van der Waals surface area contributed by atoms with E-state index in [1.165, 1.54) is 10.9 Å². The van der Waals surface area contributed by atoms with Gasteiger partial charge in [-0.2, -0.15) is 0 Å². The molecule has 2 N–H and O–H groups in total. The summed E-state index contributed by atoms with van der Waals surface area (Å²) in [5.41, 5.74) is 6.21. The molecule has 2 rings (SSSR count). The number of rotatable bonds is 5. The van der Waals surface area contributed by atoms with Crippen LogP contribution in [0.25, 0.3) is 0 Å². The number of ether oxygens (including phenoxy) is 1. The Bertz CT molecular complexity index is 524. The van der Waals surface area contributed by atoms with Crippen LogP contribution in [0.3, 0.4) is 0 Å². The van der Waals surface area contributed by atoms with Gasteiger partial charge >= 0.3 is 0 Å². The first-order chi connectivity index (χ1) is 8.72. The summed E-state index contributed by atoms with van der Waals surface area (Å²) in [6, 6.07) is 8.93. The molecule has 0 saturated heterocycles. The maximum Gasteiger partial charge on any atom is 0.165 e. The molecule has 0 atom stereocenters. The summed E-state index contributed by atoms with van der Waals surface area (Å²) in [4.78, 5) is 2.42. The van der Waals surface area contributed by atoms with Gasteiger partial charge < -0.3 is 10.5 Å². The van der Waals surface area contributed by atoms with Gasteiger partial charge in [-0.05, 0) is 36.2 Å². The standard InChI is InChI=1S/C14H16FNOS/c1-2-11-4-5-12(18-11)9-17-14-6-3-10(8-16)7-13(14)15/h3-7H,2,8-9,16H2,1H3. The highest BCUT2D eigenvalue weighted by molar-refractivity contribution is 7.11. The van der Waals surface area contributed by atoms with Gasteiger partial charge in [0.15, 0.2) is 11.6 Å². The van der Waals surface area contributed by atoms with Crippen LogP contribution in [0.5, 0.6) is 5.75 Å². The van der Waals surface area contributed by atoms with Gasteiger partial charge in [-0.1, -0.05) is 13.0 Å². The average Bonchev–Trinajstić information content (AvgIpc) is 2.85. The molecule has 2 nitrogen and oxygen atoms in total. The summed E-state index contributed by atoms with van der Waals surface area (Å²) in [5.74, 6) is -0.0798. The van der Waals surface area contributed by atoms with Gasteiger partial charge in [0.1, 0.15) is 6.61 Å². The van der Waals surface area contributed by atoms with E-state index in [0.29, 0.717) is 13.2 Å². The van der Waals surface area contributed by atoms with Crippen LogP contribution in [0.15, 0.2) is 30.3 Å². The molecule has 0 saturated carbocycles. The van der Waals surface area contributed by atoms with Crippen LogP contribution >= 0.6 is 11.3 Å². The van der Waals surface area contributed by atoms with E-state index in [4.69, 9.17) is 10.5 Å². The molecular weight excluding hydrogens is 249 g/mol. The molecule has 0 aliphatic heterocycles. The number of nitrogens with two attached hydrogens (primary N) is 1. The topological polar surface area (TPSA) is 35.2 Å². The van der Waals surface area contributed by atoms with Crippen LogP contribution in [0.4, 0.5) is 4.39 Å². The fourth-order valence-electron chi connectivity index (χ4n) is 1.63. The minimum Gasteiger partial charge on any atom is -0.485 e. The summed E-state index contributed by atoms with van der Waals surface area (Å²) < 4.78 is 19.1. The largest absolute Gasteiger partial charge is 0.485 e. The van der Waals surface area contributed by atoms with Crippen molar-refractivity contribution in [3.8, 4) is 5.75 Å². The van der Waals surface area contributed by atoms with E-state index < -0.39 is 0 Å². The molecule has 0 fully saturated rings. The lowest BCUT2D eigenvalue weighted by atomic mass is 10.2. The van der Waals surface area contributed by atoms with Crippen LogP contribution in [-0.2, 0) is 19.6 Å². The monoisotopic (exact) mass is 265 g/mol. The van der Waals surface area contributed by atoms with E-state index in [1.807, 2.05) is 6.07 Å². The van der Waals surface area contributed by atoms with Crippen LogP contribution in [0, 0.1) is 5.82 Å². The second-order valence-corrected chi connectivity index (χ2v) is 5.23. The third-order valence-electron chi connectivity index (χ3n) is 2.67. The number of benzene rings is 1. The molecule has 0 radical (unpaired) electrons. The normalized spacial score (nSPS) is 10.6. The van der Waals surface area contributed by atoms with E-state index in [-0.39, 0.29) is 11.6 Å². The molecule has 4 heteroatoms. The summed E-state index contributed by atoms with van der Waals surface area (Å²) >= 11 is 1.70. The number of halogens is 1. The number of thiophene rings is 1. The van der Waals surface area contributed by atoms with Gasteiger partial charge in [-0.25, -0.2) is 4.39 Å². The molecule has 0 bridgehead atoms. The molecule has 0 unspecified atom stereocenters. The molecule has 0 aliphatic rings. The van der Waals surface area contributed by atoms with Gasteiger partial charge in [0.2, 0.25) is 0 Å². The maximum atomic E-state index is 13.6. The van der Waals surface area contributed by atoms with Crippen LogP contribution in [0.2, 0.25) is 0 Å². The number of hydrogen-bond acceptors (Lipinski definition) is 3. The van der Waals surface area contributed by atoms with Gasteiger partial charge in [0.05, 0.1) is 0 Å². The smallest absolute Gasteiger partial charge is 0.165 e. The molecule has 2 aromatic rings. The molecule has 1 aromatic heterocycles. The van der Waals surface area contributed by atoms with Crippen LogP contribution in [0.1, 0.15) is 22.2 Å². The summed E-state index contributed by atoms with van der Waals surface area (Å²) in [6.45, 7) is 2.85. The molecule has 0 spiro atoms. The minimum atomic E-state index is -0.356. The van der Waals surface area contributed by atoms with Crippen molar-refractivity contribution in [2.45, 2.75) is 26.5 Å². The van der Waals surface area contributed by atoms with Crippen molar-refractivity contribution in [2.75, 3.05) is 0 Å². The molecule has 96 valence electrons. The molecule has 0 amide bonds. The first-order valence-electron chi connectivity index (χ1n) is 5.91. The molecule has 1 heterocycles. The predicted octanol–water partition coefficient (Wildman–Crippen LogP) is 3.49. The minimum absolute atomic E-state index is 0.277. The third-order valence-corrected chi connectivity index (χ3v) is 3.87. The lowest BCUT2D eigenvalue weighted by molar-refractivity contribution is 0.293. The van der Waals surface area contributed by atoms with Crippen molar-refractivity contribution >= 4 is 11.3 Å². The summed E-state index contributed by atoms with van der Waals surface area (Å²) in [5, 5.41) is 0. The SMILES string of the molecule is CCc1ccc(COc2ccc(CN)cc2F)s1. The molecule has 1 aromatic carbocycles. The van der Waals surface area contributed by atoms with Crippen molar-refractivity contribution in [1.82, 2.24) is 0 Å². The maximum absolute atomic E-state index is 13.6. The second-order valence-electron chi connectivity index (χ2n) is 3.98. The Morgan fingerprint density at radius 3 is 2.61 bits per heavy atom. The van der Waals surface area contributed by atoms with E-state index in [9.17, 15) is 4.39 Å². The quantitative estimate of drug-likeness (QED) is 0.898. The second kappa shape index (κ2) is 5.98. The van der Waals surface area contributed by atoms with Crippen molar-refractivity contribution in [1.29, 1.82) is 0 Å². The number of hydrogen-bond donors (Lipinski definition) is 1. The van der Waals surface area contributed by atoms with E-state index in [1.54, 1.807) is 23.5 Å². The molecule has 0 aliphatic carbocycles. The lowest BCUT2D eigenvalue weighted by Gasteiger charge is -2.07. The highest BCUT2D eigenvalue weighted by atomic mass is 32.1. The Morgan fingerprint density at radius 1 is 1.22 bits per heavy atom. The van der Waals surface area contributed by atoms with Gasteiger partial charge in [0, 0.05) is 16.3 Å². The first-order valence-corrected chi connectivity index (χ1v) is 6.73. The van der Waals surface area contributed by atoms with Gasteiger partial charge in [-0.15, -0.1) is 11.3 Å². The fourth-order valence-corrected chi connectivity index (χ4v) is 2.50. The third kappa shape index (κ3) is 3.09. The lowest BCUT2D eigenvalue weighted by Crippen LogP contribution is -1.99. The Hall–Kier alpha value is -1.39. The zero-order valence-electron chi connectivity index (χ0n) is 10.3. The van der Waals surface area contributed by atoms with E-state index >= 15 is 0 Å². The molecule has 18 heavy (non-hydrogen) atoms. The van der Waals surface area contributed by atoms with Crippen molar-refractivity contribution in [3.63, 3.8) is 0 Å². The highest BCUT2D eigenvalue weighted by Gasteiger charge is 2.05. The van der Waals surface area contributed by atoms with Crippen LogP contribution < -0.4 is 10.5 Å². The summed E-state index contributed by atoms with van der Waals surface area (Å²) in [7, 11) is 0. The molecular formula is C14H16FNOS. The predicted molar refractivity (Wildman–Crippen MR) is 72.3 cm³/mol. The van der Waals surface area contributed by atoms with E-state index in [2.05, 4.69) is 13.0 Å².